The fourth-order valence-corrected chi connectivity index (χ4v) is 2.40. The van der Waals surface area contributed by atoms with Gasteiger partial charge < -0.3 is 9.64 Å². The SMILES string of the molecule is CN1CCCC1CCOc1ccccc1Cl. The van der Waals surface area contributed by atoms with Crippen LogP contribution in [0.1, 0.15) is 19.3 Å². The van der Waals surface area contributed by atoms with Crippen LogP contribution in [0.5, 0.6) is 5.75 Å². The molecule has 1 unspecified atom stereocenters. The molecule has 0 N–H and O–H groups in total. The van der Waals surface area contributed by atoms with E-state index in [0.717, 1.165) is 18.8 Å². The van der Waals surface area contributed by atoms with Crippen LogP contribution in [0.4, 0.5) is 0 Å². The lowest BCUT2D eigenvalue weighted by molar-refractivity contribution is 0.233. The molecule has 1 atom stereocenters. The number of ether oxygens (including phenoxy) is 1. The van der Waals surface area contributed by atoms with E-state index in [1.807, 2.05) is 24.3 Å². The Labute approximate surface area is 102 Å². The highest BCUT2D eigenvalue weighted by molar-refractivity contribution is 6.32. The van der Waals surface area contributed by atoms with Crippen molar-refractivity contribution in [2.24, 2.45) is 0 Å². The van der Waals surface area contributed by atoms with Crippen LogP contribution < -0.4 is 4.74 Å². The molecule has 0 aromatic heterocycles. The molecular weight excluding hydrogens is 222 g/mol. The molecule has 1 aliphatic heterocycles. The number of rotatable bonds is 4. The lowest BCUT2D eigenvalue weighted by atomic mass is 10.1. The van der Waals surface area contributed by atoms with Gasteiger partial charge in [-0.2, -0.15) is 0 Å². The van der Waals surface area contributed by atoms with Gasteiger partial charge in [0.1, 0.15) is 5.75 Å². The zero-order valence-electron chi connectivity index (χ0n) is 9.66. The first-order chi connectivity index (χ1) is 7.77. The fraction of sp³-hybridized carbons (Fsp3) is 0.538. The van der Waals surface area contributed by atoms with Crippen LogP contribution in [0.2, 0.25) is 5.02 Å². The number of halogens is 1. The summed E-state index contributed by atoms with van der Waals surface area (Å²) < 4.78 is 5.69. The molecule has 0 saturated carbocycles. The highest BCUT2D eigenvalue weighted by Gasteiger charge is 2.20. The normalized spacial score (nSPS) is 21.2. The van der Waals surface area contributed by atoms with Gasteiger partial charge in [0.15, 0.2) is 0 Å². The Morgan fingerprint density at radius 2 is 2.25 bits per heavy atom. The van der Waals surface area contributed by atoms with Crippen molar-refractivity contribution in [3.63, 3.8) is 0 Å². The number of hydrogen-bond acceptors (Lipinski definition) is 2. The fourth-order valence-electron chi connectivity index (χ4n) is 2.21. The van der Waals surface area contributed by atoms with Crippen molar-refractivity contribution in [1.82, 2.24) is 4.90 Å². The summed E-state index contributed by atoms with van der Waals surface area (Å²) in [6, 6.07) is 8.32. The summed E-state index contributed by atoms with van der Waals surface area (Å²) in [7, 11) is 2.19. The van der Waals surface area contributed by atoms with Gasteiger partial charge in [0.25, 0.3) is 0 Å². The summed E-state index contributed by atoms with van der Waals surface area (Å²) in [4.78, 5) is 2.41. The number of hydrogen-bond donors (Lipinski definition) is 0. The van der Waals surface area contributed by atoms with Crippen molar-refractivity contribution >= 4 is 11.6 Å². The third kappa shape index (κ3) is 2.89. The van der Waals surface area contributed by atoms with Crippen LogP contribution in [-0.4, -0.2) is 31.1 Å². The second-order valence-electron chi connectivity index (χ2n) is 4.34. The summed E-state index contributed by atoms with van der Waals surface area (Å²) >= 11 is 6.01. The molecule has 0 spiro atoms. The Balaban J connectivity index is 1.78. The Bertz CT molecular complexity index is 342. The van der Waals surface area contributed by atoms with Gasteiger partial charge in [-0.15, -0.1) is 0 Å². The first kappa shape index (κ1) is 11.7. The van der Waals surface area contributed by atoms with Crippen molar-refractivity contribution < 1.29 is 4.74 Å². The summed E-state index contributed by atoms with van der Waals surface area (Å²) in [6.07, 6.45) is 3.69. The minimum absolute atomic E-state index is 0.683. The van der Waals surface area contributed by atoms with Gasteiger partial charge in [-0.25, -0.2) is 0 Å². The quantitative estimate of drug-likeness (QED) is 0.800. The van der Waals surface area contributed by atoms with E-state index in [1.54, 1.807) is 0 Å². The molecule has 1 heterocycles. The standard InChI is InChI=1S/C13H18ClNO/c1-15-9-4-5-11(15)8-10-16-13-7-3-2-6-12(13)14/h2-3,6-7,11H,4-5,8-10H2,1H3. The van der Waals surface area contributed by atoms with E-state index in [1.165, 1.54) is 19.4 Å². The summed E-state index contributed by atoms with van der Waals surface area (Å²) in [5.41, 5.74) is 0. The molecule has 0 radical (unpaired) electrons. The van der Waals surface area contributed by atoms with Crippen molar-refractivity contribution in [1.29, 1.82) is 0 Å². The van der Waals surface area contributed by atoms with E-state index in [-0.39, 0.29) is 0 Å². The van der Waals surface area contributed by atoms with E-state index in [9.17, 15) is 0 Å². The number of likely N-dealkylation sites (tertiary alicyclic amines) is 1. The van der Waals surface area contributed by atoms with Crippen molar-refractivity contribution in [3.8, 4) is 5.75 Å². The van der Waals surface area contributed by atoms with Gasteiger partial charge in [-0.05, 0) is 45.0 Å². The van der Waals surface area contributed by atoms with E-state index < -0.39 is 0 Å². The predicted octanol–water partition coefficient (Wildman–Crippen LogP) is 3.20. The third-order valence-corrected chi connectivity index (χ3v) is 3.53. The molecule has 1 aromatic rings. The van der Waals surface area contributed by atoms with Crippen LogP contribution >= 0.6 is 11.6 Å². The largest absolute Gasteiger partial charge is 0.492 e. The van der Waals surface area contributed by atoms with Crippen molar-refractivity contribution in [2.75, 3.05) is 20.2 Å². The third-order valence-electron chi connectivity index (χ3n) is 3.22. The van der Waals surface area contributed by atoms with Gasteiger partial charge in [0.05, 0.1) is 11.6 Å². The first-order valence-corrected chi connectivity index (χ1v) is 6.23. The number of para-hydroxylation sites is 1. The topological polar surface area (TPSA) is 12.5 Å². The molecule has 0 aliphatic carbocycles. The maximum absolute atomic E-state index is 6.01. The van der Waals surface area contributed by atoms with Gasteiger partial charge in [-0.1, -0.05) is 23.7 Å². The second-order valence-corrected chi connectivity index (χ2v) is 4.75. The summed E-state index contributed by atoms with van der Waals surface area (Å²) in [5.74, 6) is 0.796. The zero-order chi connectivity index (χ0) is 11.4. The molecule has 1 aliphatic rings. The number of benzene rings is 1. The molecule has 16 heavy (non-hydrogen) atoms. The molecule has 1 aromatic carbocycles. The molecule has 3 heteroatoms. The second kappa shape index (κ2) is 5.55. The number of nitrogens with zero attached hydrogens (tertiary/aromatic N) is 1. The maximum Gasteiger partial charge on any atom is 0.137 e. The maximum atomic E-state index is 6.01. The van der Waals surface area contributed by atoms with Gasteiger partial charge in [0.2, 0.25) is 0 Å². The average Bonchev–Trinajstić information content (AvgIpc) is 2.67. The van der Waals surface area contributed by atoms with Crippen LogP contribution in [0.15, 0.2) is 24.3 Å². The molecule has 0 bridgehead atoms. The summed E-state index contributed by atoms with van der Waals surface area (Å²) in [5, 5.41) is 0.697. The molecule has 1 fully saturated rings. The van der Waals surface area contributed by atoms with Gasteiger partial charge in [0, 0.05) is 6.04 Å². The minimum atomic E-state index is 0.683. The van der Waals surface area contributed by atoms with Gasteiger partial charge >= 0.3 is 0 Å². The highest BCUT2D eigenvalue weighted by Crippen LogP contribution is 2.24. The predicted molar refractivity (Wildman–Crippen MR) is 67.2 cm³/mol. The van der Waals surface area contributed by atoms with Gasteiger partial charge in [-0.3, -0.25) is 0 Å². The van der Waals surface area contributed by atoms with E-state index in [0.29, 0.717) is 11.1 Å². The average molecular weight is 240 g/mol. The molecule has 0 amide bonds. The molecule has 88 valence electrons. The highest BCUT2D eigenvalue weighted by atomic mass is 35.5. The van der Waals surface area contributed by atoms with E-state index in [4.69, 9.17) is 16.3 Å². The summed E-state index contributed by atoms with van der Waals surface area (Å²) in [6.45, 7) is 1.97. The Hall–Kier alpha value is -0.730. The Kier molecular flexibility index (Phi) is 4.08. The minimum Gasteiger partial charge on any atom is -0.492 e. The Morgan fingerprint density at radius 1 is 1.44 bits per heavy atom. The zero-order valence-corrected chi connectivity index (χ0v) is 10.4. The van der Waals surface area contributed by atoms with Crippen LogP contribution in [-0.2, 0) is 0 Å². The lowest BCUT2D eigenvalue weighted by Crippen LogP contribution is -2.26. The molecular formula is C13H18ClNO. The molecule has 2 rings (SSSR count). The smallest absolute Gasteiger partial charge is 0.137 e. The first-order valence-electron chi connectivity index (χ1n) is 5.85. The van der Waals surface area contributed by atoms with Crippen LogP contribution in [0.25, 0.3) is 0 Å². The van der Waals surface area contributed by atoms with Crippen molar-refractivity contribution in [3.05, 3.63) is 29.3 Å². The Morgan fingerprint density at radius 3 is 2.94 bits per heavy atom. The van der Waals surface area contributed by atoms with Crippen LogP contribution in [0, 0.1) is 0 Å². The monoisotopic (exact) mass is 239 g/mol. The lowest BCUT2D eigenvalue weighted by Gasteiger charge is -2.19. The van der Waals surface area contributed by atoms with Crippen LogP contribution in [0.3, 0.4) is 0 Å². The molecule has 1 saturated heterocycles. The van der Waals surface area contributed by atoms with E-state index in [2.05, 4.69) is 11.9 Å². The van der Waals surface area contributed by atoms with E-state index >= 15 is 0 Å². The molecule has 2 nitrogen and oxygen atoms in total. The van der Waals surface area contributed by atoms with Crippen molar-refractivity contribution in [2.45, 2.75) is 25.3 Å².